The second-order valence-corrected chi connectivity index (χ2v) is 15.5. The number of nitrogens with one attached hydrogen (secondary N) is 2. The van der Waals surface area contributed by atoms with E-state index in [1.807, 2.05) is 26.0 Å². The number of hydrogen-bond acceptors (Lipinski definition) is 7. The van der Waals surface area contributed by atoms with Crippen LogP contribution in [-0.4, -0.2) is 116 Å². The lowest BCUT2D eigenvalue weighted by Crippen LogP contribution is -2.45. The Morgan fingerprint density at radius 2 is 1.16 bits per heavy atom. The summed E-state index contributed by atoms with van der Waals surface area (Å²) in [5, 5.41) is 13.6. The van der Waals surface area contributed by atoms with Crippen molar-refractivity contribution in [3.05, 3.63) is 25.3 Å². The van der Waals surface area contributed by atoms with Gasteiger partial charge in [0, 0.05) is 35.5 Å². The molecule has 288 valence electrons. The topological polar surface area (TPSA) is 199 Å². The highest BCUT2D eigenvalue weighted by Crippen LogP contribution is 2.25. The Hall–Kier alpha value is -3.13. The van der Waals surface area contributed by atoms with Crippen molar-refractivity contribution in [1.29, 1.82) is 0 Å². The number of quaternary nitrogens is 2. The molecule has 0 spiro atoms. The monoisotopic (exact) mass is 730 g/mol. The van der Waals surface area contributed by atoms with E-state index in [1.54, 1.807) is 6.92 Å². The van der Waals surface area contributed by atoms with Gasteiger partial charge in [0.25, 0.3) is 0 Å². The van der Waals surface area contributed by atoms with E-state index in [4.69, 9.17) is 23.1 Å². The minimum Gasteiger partial charge on any atom is -0.369 e. The lowest BCUT2D eigenvalue weighted by atomic mass is 9.85. The SMILES string of the molecule is C=CC[N+](C)(C)CC(C)CC(CC(C)C(N)=O)C(=O)NC(C)C(=O)Cl.C=CC[N+](C)(C)CC(C)CC(CC(CC)C(N)=O)C(=O)NC(O)C=O. The molecule has 8 unspecified atom stereocenters. The maximum Gasteiger partial charge on any atom is 0.243 e. The van der Waals surface area contributed by atoms with Gasteiger partial charge in [0.2, 0.25) is 28.9 Å². The van der Waals surface area contributed by atoms with E-state index < -0.39 is 58.9 Å². The molecule has 0 radical (unpaired) electrons. The van der Waals surface area contributed by atoms with Crippen molar-refractivity contribution in [2.24, 2.45) is 47.0 Å². The summed E-state index contributed by atoms with van der Waals surface area (Å²) < 4.78 is 1.50. The Morgan fingerprint density at radius 1 is 0.740 bits per heavy atom. The molecule has 0 aliphatic carbocycles. The van der Waals surface area contributed by atoms with E-state index >= 15 is 0 Å². The number of carbonyl (C=O) groups excluding carboxylic acids is 6. The molecule has 0 heterocycles. The predicted molar refractivity (Wildman–Crippen MR) is 198 cm³/mol. The number of halogens is 1. The van der Waals surface area contributed by atoms with Crippen LogP contribution in [0.1, 0.15) is 66.7 Å². The van der Waals surface area contributed by atoms with Crippen LogP contribution in [0.3, 0.4) is 0 Å². The fraction of sp³-hybridized carbons (Fsp3) is 0.722. The average Bonchev–Trinajstić information content (AvgIpc) is 2.97. The number of likely N-dealkylation sites (N-methyl/N-ethyl adjacent to an activating group) is 2. The van der Waals surface area contributed by atoms with Gasteiger partial charge in [0.05, 0.1) is 54.4 Å². The molecule has 14 heteroatoms. The number of aliphatic hydroxyl groups excluding tert-OH is 1. The number of amides is 4. The summed E-state index contributed by atoms with van der Waals surface area (Å²) in [7, 11) is 8.38. The van der Waals surface area contributed by atoms with Gasteiger partial charge in [0.1, 0.15) is 6.04 Å². The van der Waals surface area contributed by atoms with Gasteiger partial charge >= 0.3 is 0 Å². The largest absolute Gasteiger partial charge is 0.369 e. The molecule has 0 saturated carbocycles. The molecule has 0 saturated heterocycles. The summed E-state index contributed by atoms with van der Waals surface area (Å²) in [6.45, 7) is 20.1. The number of primary amides is 2. The van der Waals surface area contributed by atoms with Crippen LogP contribution < -0.4 is 22.1 Å². The first-order valence-corrected chi connectivity index (χ1v) is 17.7. The second kappa shape index (κ2) is 24.1. The minimum absolute atomic E-state index is 0.199. The number of aldehydes is 1. The van der Waals surface area contributed by atoms with Crippen molar-refractivity contribution >= 4 is 46.8 Å². The Bertz CT molecular complexity index is 1130. The summed E-state index contributed by atoms with van der Waals surface area (Å²) in [4.78, 5) is 69.6. The van der Waals surface area contributed by atoms with E-state index in [9.17, 15) is 33.9 Å². The minimum atomic E-state index is -1.54. The average molecular weight is 731 g/mol. The number of hydrogen-bond donors (Lipinski definition) is 5. The van der Waals surface area contributed by atoms with Crippen LogP contribution in [0.25, 0.3) is 0 Å². The summed E-state index contributed by atoms with van der Waals surface area (Å²) >= 11 is 5.42. The van der Waals surface area contributed by atoms with Crippen molar-refractivity contribution in [2.45, 2.75) is 79.0 Å². The van der Waals surface area contributed by atoms with Gasteiger partial charge < -0.3 is 36.2 Å². The third kappa shape index (κ3) is 21.8. The molecule has 0 aromatic heterocycles. The predicted octanol–water partition coefficient (Wildman–Crippen LogP) is 2.10. The summed E-state index contributed by atoms with van der Waals surface area (Å²) in [6, 6.07) is -0.760. The Balaban J connectivity index is 0. The molecule has 0 rings (SSSR count). The standard InChI is InChI=1S/C18H32ClN3O3.C18H33N3O4/c1-7-8-22(5,6)11-12(2)9-15(10-13(3)17(20)24)18(25)21-14(4)16(19)23;1-6-8-21(4,5)11-13(3)9-15(10-14(7-2)17(19)24)18(25)20-16(23)12-22/h7,12-15H,1,8-11H2,2-6H3,(H2-,20,21,24,25);6,12-16,23H,1,7-11H2,2-5H3,(H2-,19,20,24,25)/p+2. The van der Waals surface area contributed by atoms with Gasteiger partial charge in [-0.15, -0.1) is 0 Å². The van der Waals surface area contributed by atoms with Crippen LogP contribution >= 0.6 is 11.6 Å². The molecule has 0 aromatic carbocycles. The molecule has 7 N–H and O–H groups in total. The van der Waals surface area contributed by atoms with Gasteiger partial charge in [-0.05, 0) is 62.8 Å². The number of nitrogens with two attached hydrogens (primary N) is 2. The number of carbonyl (C=O) groups is 6. The first-order valence-electron chi connectivity index (χ1n) is 17.3. The maximum atomic E-state index is 12.5. The quantitative estimate of drug-likeness (QED) is 0.0311. The van der Waals surface area contributed by atoms with Crippen molar-refractivity contribution < 1.29 is 42.8 Å². The molecule has 0 fully saturated rings. The lowest BCUT2D eigenvalue weighted by molar-refractivity contribution is -0.887. The maximum absolute atomic E-state index is 12.5. The van der Waals surface area contributed by atoms with Gasteiger partial charge in [0.15, 0.2) is 12.5 Å². The molecule has 13 nitrogen and oxygen atoms in total. The Kier molecular flexibility index (Phi) is 23.6. The highest BCUT2D eigenvalue weighted by molar-refractivity contribution is 6.64. The van der Waals surface area contributed by atoms with Gasteiger partial charge in [-0.2, -0.15) is 0 Å². The van der Waals surface area contributed by atoms with Gasteiger partial charge in [-0.25, -0.2) is 0 Å². The first-order chi connectivity index (χ1) is 22.9. The van der Waals surface area contributed by atoms with E-state index in [2.05, 4.69) is 58.9 Å². The second-order valence-electron chi connectivity index (χ2n) is 15.2. The smallest absolute Gasteiger partial charge is 0.243 e. The number of nitrogens with zero attached hydrogens (tertiary/aromatic N) is 2. The van der Waals surface area contributed by atoms with E-state index in [1.165, 1.54) is 6.92 Å². The molecule has 0 aliphatic rings. The third-order valence-corrected chi connectivity index (χ3v) is 9.01. The van der Waals surface area contributed by atoms with E-state index in [0.717, 1.165) is 35.1 Å². The zero-order valence-electron chi connectivity index (χ0n) is 32.0. The van der Waals surface area contributed by atoms with Gasteiger partial charge in [-0.1, -0.05) is 40.9 Å². The molecular formula is C36H67ClN6O7+2. The van der Waals surface area contributed by atoms with Crippen molar-refractivity contribution in [3.8, 4) is 0 Å². The van der Waals surface area contributed by atoms with E-state index in [-0.39, 0.29) is 24.0 Å². The highest BCUT2D eigenvalue weighted by atomic mass is 35.5. The zero-order valence-corrected chi connectivity index (χ0v) is 32.7. The van der Waals surface area contributed by atoms with Gasteiger partial charge in [-0.3, -0.25) is 28.8 Å². The Labute approximate surface area is 305 Å². The normalized spacial score (nSPS) is 16.4. The molecule has 0 aliphatic heterocycles. The number of rotatable bonds is 25. The van der Waals surface area contributed by atoms with Crippen LogP contribution in [0, 0.1) is 35.5 Å². The zero-order chi connectivity index (χ0) is 39.4. The molecule has 0 bridgehead atoms. The summed E-state index contributed by atoms with van der Waals surface area (Å²) in [5.74, 6) is -2.85. The molecule has 8 atom stereocenters. The fourth-order valence-electron chi connectivity index (χ4n) is 6.33. The Morgan fingerprint density at radius 3 is 1.50 bits per heavy atom. The van der Waals surface area contributed by atoms with Crippen molar-refractivity contribution in [3.63, 3.8) is 0 Å². The van der Waals surface area contributed by atoms with Crippen LogP contribution in [-0.2, 0) is 28.8 Å². The summed E-state index contributed by atoms with van der Waals surface area (Å²) in [5.41, 5.74) is 10.8. The molecule has 4 amide bonds. The third-order valence-electron chi connectivity index (χ3n) is 8.68. The van der Waals surface area contributed by atoms with Crippen LogP contribution in [0.4, 0.5) is 0 Å². The van der Waals surface area contributed by atoms with Crippen molar-refractivity contribution in [1.82, 2.24) is 10.6 Å². The highest BCUT2D eigenvalue weighted by Gasteiger charge is 2.31. The van der Waals surface area contributed by atoms with Crippen LogP contribution in [0.15, 0.2) is 25.3 Å². The fourth-order valence-corrected chi connectivity index (χ4v) is 6.39. The van der Waals surface area contributed by atoms with Crippen LogP contribution in [0.2, 0.25) is 0 Å². The summed E-state index contributed by atoms with van der Waals surface area (Å²) in [6.07, 6.45) is 4.80. The van der Waals surface area contributed by atoms with E-state index in [0.29, 0.717) is 32.1 Å². The van der Waals surface area contributed by atoms with Crippen molar-refractivity contribution in [2.75, 3.05) is 54.4 Å². The lowest BCUT2D eigenvalue weighted by Gasteiger charge is -2.32. The van der Waals surface area contributed by atoms with Crippen LogP contribution in [0.5, 0.6) is 0 Å². The molecular weight excluding hydrogens is 664 g/mol. The first kappa shape index (κ1) is 49.0. The molecule has 0 aromatic rings. The number of aliphatic hydroxyl groups is 1. The molecule has 50 heavy (non-hydrogen) atoms.